The SMILES string of the molecule is COc1ccc([C@H](C)NC(=O)C2(C(=O)O)CC2)cc1Br. The summed E-state index contributed by atoms with van der Waals surface area (Å²) in [7, 11) is 1.58. The summed E-state index contributed by atoms with van der Waals surface area (Å²) < 4.78 is 5.93. The van der Waals surface area contributed by atoms with Crippen molar-refractivity contribution in [2.24, 2.45) is 5.41 Å². The van der Waals surface area contributed by atoms with Crippen LogP contribution in [0.2, 0.25) is 0 Å². The number of carboxylic acid groups (broad SMARTS) is 1. The summed E-state index contributed by atoms with van der Waals surface area (Å²) in [6.45, 7) is 1.82. The lowest BCUT2D eigenvalue weighted by molar-refractivity contribution is -0.149. The lowest BCUT2D eigenvalue weighted by Crippen LogP contribution is -2.38. The van der Waals surface area contributed by atoms with E-state index in [-0.39, 0.29) is 6.04 Å². The summed E-state index contributed by atoms with van der Waals surface area (Å²) in [5, 5.41) is 11.8. The smallest absolute Gasteiger partial charge is 0.319 e. The Bertz CT molecular complexity index is 554. The van der Waals surface area contributed by atoms with Gasteiger partial charge in [-0.15, -0.1) is 0 Å². The van der Waals surface area contributed by atoms with Gasteiger partial charge in [0.05, 0.1) is 17.6 Å². The van der Waals surface area contributed by atoms with Crippen molar-refractivity contribution in [2.45, 2.75) is 25.8 Å². The van der Waals surface area contributed by atoms with E-state index in [2.05, 4.69) is 21.2 Å². The number of halogens is 1. The third-order valence-electron chi connectivity index (χ3n) is 3.62. The number of carbonyl (C=O) groups excluding carboxylic acids is 1. The molecule has 1 saturated carbocycles. The number of rotatable bonds is 5. The van der Waals surface area contributed by atoms with E-state index in [4.69, 9.17) is 9.84 Å². The number of carboxylic acids is 1. The van der Waals surface area contributed by atoms with E-state index in [1.807, 2.05) is 19.1 Å². The second-order valence-corrected chi connectivity index (χ2v) is 5.83. The fourth-order valence-corrected chi connectivity index (χ4v) is 2.59. The fraction of sp³-hybridized carbons (Fsp3) is 0.429. The van der Waals surface area contributed by atoms with Crippen LogP contribution >= 0.6 is 15.9 Å². The zero-order valence-corrected chi connectivity index (χ0v) is 12.9. The van der Waals surface area contributed by atoms with Gasteiger partial charge in [-0.1, -0.05) is 6.07 Å². The number of carbonyl (C=O) groups is 2. The van der Waals surface area contributed by atoms with Gasteiger partial charge in [0.15, 0.2) is 0 Å². The number of benzene rings is 1. The van der Waals surface area contributed by atoms with E-state index >= 15 is 0 Å². The van der Waals surface area contributed by atoms with E-state index in [0.29, 0.717) is 18.6 Å². The average molecular weight is 342 g/mol. The Morgan fingerprint density at radius 2 is 2.10 bits per heavy atom. The van der Waals surface area contributed by atoms with Crippen LogP contribution < -0.4 is 10.1 Å². The van der Waals surface area contributed by atoms with Crippen molar-refractivity contribution in [1.29, 1.82) is 0 Å². The molecule has 0 aromatic heterocycles. The average Bonchev–Trinajstić information content (AvgIpc) is 3.19. The molecule has 1 aromatic rings. The molecule has 2 rings (SSSR count). The minimum absolute atomic E-state index is 0.262. The highest BCUT2D eigenvalue weighted by molar-refractivity contribution is 9.10. The molecule has 6 heteroatoms. The molecule has 1 atom stereocenters. The van der Waals surface area contributed by atoms with Gasteiger partial charge in [-0.3, -0.25) is 9.59 Å². The molecule has 0 aliphatic heterocycles. The van der Waals surface area contributed by atoms with Gasteiger partial charge >= 0.3 is 5.97 Å². The van der Waals surface area contributed by atoms with Gasteiger partial charge in [0.25, 0.3) is 0 Å². The Kier molecular flexibility index (Phi) is 4.04. The topological polar surface area (TPSA) is 75.6 Å². The highest BCUT2D eigenvalue weighted by atomic mass is 79.9. The van der Waals surface area contributed by atoms with Crippen LogP contribution in [-0.4, -0.2) is 24.1 Å². The summed E-state index contributed by atoms with van der Waals surface area (Å²) in [6.07, 6.45) is 0.820. The molecule has 1 fully saturated rings. The molecule has 0 saturated heterocycles. The predicted molar refractivity (Wildman–Crippen MR) is 76.6 cm³/mol. The number of aliphatic carboxylic acids is 1. The molecule has 0 radical (unpaired) electrons. The molecule has 0 bridgehead atoms. The molecular weight excluding hydrogens is 326 g/mol. The molecule has 108 valence electrons. The largest absolute Gasteiger partial charge is 0.496 e. The Hall–Kier alpha value is -1.56. The molecule has 0 spiro atoms. The quantitative estimate of drug-likeness (QED) is 0.807. The summed E-state index contributed by atoms with van der Waals surface area (Å²) in [6, 6.07) is 5.23. The minimum Gasteiger partial charge on any atom is -0.496 e. The summed E-state index contributed by atoms with van der Waals surface area (Å²) in [5.41, 5.74) is -0.329. The van der Waals surface area contributed by atoms with Crippen molar-refractivity contribution in [3.8, 4) is 5.75 Å². The Balaban J connectivity index is 2.09. The van der Waals surface area contributed by atoms with Crippen LogP contribution in [-0.2, 0) is 9.59 Å². The fourth-order valence-electron chi connectivity index (χ4n) is 2.03. The maximum Gasteiger partial charge on any atom is 0.319 e. The van der Waals surface area contributed by atoms with Crippen LogP contribution in [0, 0.1) is 5.41 Å². The second kappa shape index (κ2) is 5.44. The molecule has 5 nitrogen and oxygen atoms in total. The number of hydrogen-bond acceptors (Lipinski definition) is 3. The summed E-state index contributed by atoms with van der Waals surface area (Å²) >= 11 is 3.39. The third-order valence-corrected chi connectivity index (χ3v) is 4.24. The van der Waals surface area contributed by atoms with Gasteiger partial charge in [-0.05, 0) is 53.4 Å². The number of nitrogens with one attached hydrogen (secondary N) is 1. The maximum absolute atomic E-state index is 12.0. The van der Waals surface area contributed by atoms with Gasteiger partial charge in [0.2, 0.25) is 5.91 Å². The first-order valence-corrected chi connectivity index (χ1v) is 7.08. The Morgan fingerprint density at radius 3 is 2.55 bits per heavy atom. The molecule has 1 aromatic carbocycles. The van der Waals surface area contributed by atoms with E-state index < -0.39 is 17.3 Å². The zero-order valence-electron chi connectivity index (χ0n) is 11.3. The maximum atomic E-state index is 12.0. The number of hydrogen-bond donors (Lipinski definition) is 2. The lowest BCUT2D eigenvalue weighted by Gasteiger charge is -2.18. The van der Waals surface area contributed by atoms with Gasteiger partial charge in [0, 0.05) is 0 Å². The van der Waals surface area contributed by atoms with Crippen LogP contribution in [0.5, 0.6) is 5.75 Å². The van der Waals surface area contributed by atoms with Crippen LogP contribution in [0.1, 0.15) is 31.4 Å². The first-order chi connectivity index (χ1) is 9.40. The van der Waals surface area contributed by atoms with Crippen molar-refractivity contribution in [1.82, 2.24) is 5.32 Å². The Labute approximate surface area is 125 Å². The normalized spacial score (nSPS) is 17.1. The van der Waals surface area contributed by atoms with E-state index in [9.17, 15) is 9.59 Å². The van der Waals surface area contributed by atoms with Gasteiger partial charge in [-0.25, -0.2) is 0 Å². The third kappa shape index (κ3) is 2.65. The molecule has 1 aliphatic rings. The highest BCUT2D eigenvalue weighted by Crippen LogP contribution is 2.46. The molecule has 0 heterocycles. The monoisotopic (exact) mass is 341 g/mol. The molecule has 1 amide bonds. The van der Waals surface area contributed by atoms with Crippen molar-refractivity contribution in [2.75, 3.05) is 7.11 Å². The van der Waals surface area contributed by atoms with Gasteiger partial charge in [-0.2, -0.15) is 0 Å². The zero-order chi connectivity index (χ0) is 14.9. The number of amides is 1. The van der Waals surface area contributed by atoms with Gasteiger partial charge in [0.1, 0.15) is 11.2 Å². The standard InChI is InChI=1S/C14H16BrNO4/c1-8(9-3-4-11(20-2)10(15)7-9)16-12(17)14(5-6-14)13(18)19/h3-4,7-8H,5-6H2,1-2H3,(H,16,17)(H,18,19)/t8-/m0/s1. The molecule has 2 N–H and O–H groups in total. The predicted octanol–water partition coefficient (Wildman–Crippen LogP) is 2.50. The summed E-state index contributed by atoms with van der Waals surface area (Å²) in [5.74, 6) is -0.751. The Morgan fingerprint density at radius 1 is 1.45 bits per heavy atom. The number of methoxy groups -OCH3 is 1. The van der Waals surface area contributed by atoms with Crippen molar-refractivity contribution in [3.63, 3.8) is 0 Å². The summed E-state index contributed by atoms with van der Waals surface area (Å²) in [4.78, 5) is 23.1. The van der Waals surface area contributed by atoms with Crippen molar-refractivity contribution in [3.05, 3.63) is 28.2 Å². The molecule has 1 aliphatic carbocycles. The van der Waals surface area contributed by atoms with Crippen LogP contribution in [0.25, 0.3) is 0 Å². The molecular formula is C14H16BrNO4. The van der Waals surface area contributed by atoms with Crippen LogP contribution in [0.4, 0.5) is 0 Å². The van der Waals surface area contributed by atoms with Crippen molar-refractivity contribution >= 4 is 27.8 Å². The van der Waals surface area contributed by atoms with Crippen molar-refractivity contribution < 1.29 is 19.4 Å². The van der Waals surface area contributed by atoms with E-state index in [1.165, 1.54) is 0 Å². The second-order valence-electron chi connectivity index (χ2n) is 4.98. The first kappa shape index (κ1) is 14.8. The number of ether oxygens (including phenoxy) is 1. The lowest BCUT2D eigenvalue weighted by atomic mass is 10.0. The molecule has 0 unspecified atom stereocenters. The highest BCUT2D eigenvalue weighted by Gasteiger charge is 2.57. The van der Waals surface area contributed by atoms with Gasteiger partial charge < -0.3 is 15.2 Å². The minimum atomic E-state index is -1.21. The van der Waals surface area contributed by atoms with E-state index in [1.54, 1.807) is 13.2 Å². The van der Waals surface area contributed by atoms with Crippen LogP contribution in [0.3, 0.4) is 0 Å². The van der Waals surface area contributed by atoms with E-state index in [0.717, 1.165) is 10.0 Å². The first-order valence-electron chi connectivity index (χ1n) is 6.28. The molecule has 20 heavy (non-hydrogen) atoms. The van der Waals surface area contributed by atoms with Crippen LogP contribution in [0.15, 0.2) is 22.7 Å².